The molecule has 1 amide bonds. The van der Waals surface area contributed by atoms with Crippen molar-refractivity contribution in [1.82, 2.24) is 4.90 Å². The van der Waals surface area contributed by atoms with E-state index >= 15 is 0 Å². The average molecular weight is 287 g/mol. The molecule has 0 aliphatic carbocycles. The van der Waals surface area contributed by atoms with Crippen molar-refractivity contribution in [2.24, 2.45) is 0 Å². The molecule has 0 heterocycles. The van der Waals surface area contributed by atoms with E-state index in [1.165, 1.54) is 24.1 Å². The van der Waals surface area contributed by atoms with Crippen molar-refractivity contribution in [3.8, 4) is 0 Å². The number of nitro benzene ring substituents is 1. The monoisotopic (exact) mass is 286 g/mol. The van der Waals surface area contributed by atoms with E-state index in [0.717, 1.165) is 6.07 Å². The molecule has 1 N–H and O–H groups in total. The van der Waals surface area contributed by atoms with Gasteiger partial charge in [-0.2, -0.15) is 0 Å². The number of hydrogen-bond donors (Lipinski definition) is 1. The molecule has 0 aliphatic rings. The van der Waals surface area contributed by atoms with Crippen LogP contribution in [0.3, 0.4) is 0 Å². The fraction of sp³-hybridized carbons (Fsp3) is 0.417. The Labute approximate surface area is 115 Å². The first-order valence-electron chi connectivity index (χ1n) is 5.53. The van der Waals surface area contributed by atoms with Gasteiger partial charge in [0.25, 0.3) is 11.6 Å². The van der Waals surface area contributed by atoms with E-state index in [2.05, 4.69) is 0 Å². The van der Waals surface area contributed by atoms with Crippen LogP contribution in [0.15, 0.2) is 18.2 Å². The number of carbonyl (C=O) groups is 1. The summed E-state index contributed by atoms with van der Waals surface area (Å²) >= 11 is 5.69. The summed E-state index contributed by atoms with van der Waals surface area (Å²) in [6.45, 7) is 3.07. The van der Waals surface area contributed by atoms with Crippen molar-refractivity contribution in [2.45, 2.75) is 19.4 Å². The molecule has 0 fully saturated rings. The summed E-state index contributed by atoms with van der Waals surface area (Å²) in [7, 11) is 1.48. The Balaban J connectivity index is 3.24. The van der Waals surface area contributed by atoms with Gasteiger partial charge in [0.2, 0.25) is 0 Å². The number of amides is 1. The van der Waals surface area contributed by atoms with Crippen molar-refractivity contribution < 1.29 is 14.8 Å². The third-order valence-electron chi connectivity index (χ3n) is 2.99. The number of likely N-dealkylation sites (N-methyl/N-ethyl adjacent to an activating group) is 1. The van der Waals surface area contributed by atoms with Gasteiger partial charge in [0.15, 0.2) is 0 Å². The number of rotatable bonds is 4. The summed E-state index contributed by atoms with van der Waals surface area (Å²) in [5, 5.41) is 20.4. The number of aliphatic hydroxyl groups excluding tert-OH is 1. The molecule has 1 aromatic carbocycles. The number of nitro groups is 1. The first-order valence-corrected chi connectivity index (χ1v) is 5.91. The summed E-state index contributed by atoms with van der Waals surface area (Å²) in [6, 6.07) is 3.86. The van der Waals surface area contributed by atoms with E-state index in [1.54, 1.807) is 13.8 Å². The molecule has 0 saturated carbocycles. The Morgan fingerprint density at radius 2 is 2.11 bits per heavy atom. The van der Waals surface area contributed by atoms with Gasteiger partial charge >= 0.3 is 0 Å². The lowest BCUT2D eigenvalue weighted by atomic mass is 10.0. The number of nitrogens with zero attached hydrogens (tertiary/aromatic N) is 2. The highest BCUT2D eigenvalue weighted by atomic mass is 35.5. The second kappa shape index (κ2) is 5.54. The number of halogens is 1. The van der Waals surface area contributed by atoms with Crippen LogP contribution in [0.25, 0.3) is 0 Å². The molecule has 0 spiro atoms. The average Bonchev–Trinajstić information content (AvgIpc) is 2.36. The largest absolute Gasteiger partial charge is 0.394 e. The Bertz CT molecular complexity index is 516. The highest BCUT2D eigenvalue weighted by Crippen LogP contribution is 2.26. The smallest absolute Gasteiger partial charge is 0.283 e. The Hall–Kier alpha value is -1.66. The summed E-state index contributed by atoms with van der Waals surface area (Å²) < 4.78 is 0. The van der Waals surface area contributed by atoms with Crippen LogP contribution in [0.1, 0.15) is 24.2 Å². The molecule has 7 heteroatoms. The van der Waals surface area contributed by atoms with Crippen LogP contribution < -0.4 is 0 Å². The van der Waals surface area contributed by atoms with Gasteiger partial charge in [-0.1, -0.05) is 11.6 Å². The van der Waals surface area contributed by atoms with E-state index in [4.69, 9.17) is 11.6 Å². The minimum absolute atomic E-state index is 0.0570. The quantitative estimate of drug-likeness (QED) is 0.678. The molecule has 0 saturated heterocycles. The van der Waals surface area contributed by atoms with Gasteiger partial charge in [0.1, 0.15) is 5.56 Å². The standard InChI is InChI=1S/C12H15ClN2O4/c1-12(2,7-16)14(3)11(17)9-5-4-8(13)6-10(9)15(18)19/h4-6,16H,7H2,1-3H3. The van der Waals surface area contributed by atoms with Crippen molar-refractivity contribution in [2.75, 3.05) is 13.7 Å². The van der Waals surface area contributed by atoms with E-state index in [9.17, 15) is 20.0 Å². The molecular weight excluding hydrogens is 272 g/mol. The molecule has 19 heavy (non-hydrogen) atoms. The van der Waals surface area contributed by atoms with Gasteiger partial charge in [-0.3, -0.25) is 14.9 Å². The predicted molar refractivity (Wildman–Crippen MR) is 71.4 cm³/mol. The molecule has 0 radical (unpaired) electrons. The lowest BCUT2D eigenvalue weighted by Crippen LogP contribution is -2.47. The second-order valence-corrected chi connectivity index (χ2v) is 5.19. The summed E-state index contributed by atoms with van der Waals surface area (Å²) in [4.78, 5) is 23.8. The van der Waals surface area contributed by atoms with Crippen LogP contribution in [0.4, 0.5) is 5.69 Å². The maximum Gasteiger partial charge on any atom is 0.283 e. The summed E-state index contributed by atoms with van der Waals surface area (Å²) in [5.41, 5.74) is -1.22. The van der Waals surface area contributed by atoms with Crippen LogP contribution in [-0.2, 0) is 0 Å². The number of benzene rings is 1. The van der Waals surface area contributed by atoms with Gasteiger partial charge < -0.3 is 10.0 Å². The topological polar surface area (TPSA) is 83.7 Å². The summed E-state index contributed by atoms with van der Waals surface area (Å²) in [6.07, 6.45) is 0. The van der Waals surface area contributed by atoms with E-state index in [-0.39, 0.29) is 22.9 Å². The predicted octanol–water partition coefficient (Wildman–Crippen LogP) is 2.09. The van der Waals surface area contributed by atoms with Crippen LogP contribution in [0, 0.1) is 10.1 Å². The molecule has 0 atom stereocenters. The van der Waals surface area contributed by atoms with Crippen LogP contribution in [-0.4, -0.2) is 40.0 Å². The lowest BCUT2D eigenvalue weighted by Gasteiger charge is -2.33. The number of carbonyl (C=O) groups excluding carboxylic acids is 1. The second-order valence-electron chi connectivity index (χ2n) is 4.75. The molecule has 104 valence electrons. The zero-order valence-electron chi connectivity index (χ0n) is 10.9. The molecule has 1 rings (SSSR count). The van der Waals surface area contributed by atoms with Gasteiger partial charge in [0, 0.05) is 18.1 Å². The van der Waals surface area contributed by atoms with Gasteiger partial charge in [-0.05, 0) is 26.0 Å². The fourth-order valence-corrected chi connectivity index (χ4v) is 1.56. The Morgan fingerprint density at radius 1 is 1.53 bits per heavy atom. The Morgan fingerprint density at radius 3 is 2.58 bits per heavy atom. The minimum Gasteiger partial charge on any atom is -0.394 e. The van der Waals surface area contributed by atoms with E-state index < -0.39 is 16.4 Å². The van der Waals surface area contributed by atoms with Crippen molar-refractivity contribution in [3.63, 3.8) is 0 Å². The zero-order valence-corrected chi connectivity index (χ0v) is 11.6. The highest BCUT2D eigenvalue weighted by molar-refractivity contribution is 6.31. The zero-order chi connectivity index (χ0) is 14.8. The molecule has 0 aliphatic heterocycles. The maximum absolute atomic E-state index is 12.3. The highest BCUT2D eigenvalue weighted by Gasteiger charge is 2.31. The molecular formula is C12H15ClN2O4. The third kappa shape index (κ3) is 3.21. The Kier molecular flexibility index (Phi) is 4.49. The minimum atomic E-state index is -0.815. The number of aliphatic hydroxyl groups is 1. The fourth-order valence-electron chi connectivity index (χ4n) is 1.40. The summed E-state index contributed by atoms with van der Waals surface area (Å²) in [5.74, 6) is -0.539. The van der Waals surface area contributed by atoms with Crippen LogP contribution in [0.2, 0.25) is 5.02 Å². The van der Waals surface area contributed by atoms with Crippen LogP contribution >= 0.6 is 11.6 Å². The van der Waals surface area contributed by atoms with E-state index in [0.29, 0.717) is 0 Å². The molecule has 1 aromatic rings. The first-order chi connectivity index (χ1) is 8.70. The van der Waals surface area contributed by atoms with E-state index in [1.807, 2.05) is 0 Å². The van der Waals surface area contributed by atoms with Gasteiger partial charge in [0.05, 0.1) is 17.1 Å². The van der Waals surface area contributed by atoms with Gasteiger partial charge in [-0.15, -0.1) is 0 Å². The first kappa shape index (κ1) is 15.4. The SMILES string of the molecule is CN(C(=O)c1ccc(Cl)cc1[N+](=O)[O-])C(C)(C)CO. The van der Waals surface area contributed by atoms with Crippen molar-refractivity contribution >= 4 is 23.2 Å². The molecule has 6 nitrogen and oxygen atoms in total. The maximum atomic E-state index is 12.3. The normalized spacial score (nSPS) is 11.2. The molecule has 0 aromatic heterocycles. The lowest BCUT2D eigenvalue weighted by molar-refractivity contribution is -0.385. The molecule has 0 bridgehead atoms. The van der Waals surface area contributed by atoms with Gasteiger partial charge in [-0.25, -0.2) is 0 Å². The van der Waals surface area contributed by atoms with Crippen LogP contribution in [0.5, 0.6) is 0 Å². The van der Waals surface area contributed by atoms with Crippen molar-refractivity contribution in [1.29, 1.82) is 0 Å². The van der Waals surface area contributed by atoms with Crippen molar-refractivity contribution in [3.05, 3.63) is 38.9 Å². The third-order valence-corrected chi connectivity index (χ3v) is 3.22. The molecule has 0 unspecified atom stereocenters. The number of hydrogen-bond acceptors (Lipinski definition) is 4.